The summed E-state index contributed by atoms with van der Waals surface area (Å²) in [4.78, 5) is 29.8. The van der Waals surface area contributed by atoms with E-state index in [2.05, 4.69) is 25.7 Å². The van der Waals surface area contributed by atoms with Crippen molar-refractivity contribution in [3.63, 3.8) is 0 Å². The molecule has 1 aromatic heterocycles. The Morgan fingerprint density at radius 3 is 3.03 bits per heavy atom. The van der Waals surface area contributed by atoms with E-state index >= 15 is 0 Å². The summed E-state index contributed by atoms with van der Waals surface area (Å²) in [6, 6.07) is 5.11. The van der Waals surface area contributed by atoms with Gasteiger partial charge in [0.05, 0.1) is 31.0 Å². The first kappa shape index (κ1) is 25.3. The number of halogens is 3. The second-order valence-corrected chi connectivity index (χ2v) is 9.37. The van der Waals surface area contributed by atoms with Gasteiger partial charge in [0.1, 0.15) is 11.0 Å². The number of carbonyl (C=O) groups excluding carboxylic acids is 2. The van der Waals surface area contributed by atoms with Crippen molar-refractivity contribution in [2.75, 3.05) is 20.3 Å². The first-order valence-corrected chi connectivity index (χ1v) is 11.8. The number of hydrogen-bond donors (Lipinski definition) is 1. The van der Waals surface area contributed by atoms with Gasteiger partial charge in [-0.1, -0.05) is 40.2 Å². The van der Waals surface area contributed by atoms with Crippen LogP contribution in [-0.2, 0) is 21.8 Å². The standard InChI is InChI=1S/C22H23BrF2N2O5S/c1-31-20(29)17-13-26-19(33-17)6-3-10-27-16(9-11-32-21(27)30)7-8-18(28)22(24,25)14-4-2-5-15(23)12-14/h2,4-5,7-8,12-13,16,18,28H,3,6,9-11H2,1H3/t16-,18?/m0/s1. The Bertz CT molecular complexity index is 1020. The van der Waals surface area contributed by atoms with Crippen molar-refractivity contribution in [2.45, 2.75) is 37.3 Å². The fourth-order valence-corrected chi connectivity index (χ4v) is 4.62. The molecule has 11 heteroatoms. The molecule has 0 saturated carbocycles. The van der Waals surface area contributed by atoms with Crippen molar-refractivity contribution in [1.82, 2.24) is 9.88 Å². The number of cyclic esters (lactones) is 1. The van der Waals surface area contributed by atoms with Gasteiger partial charge in [-0.15, -0.1) is 11.3 Å². The Kier molecular flexibility index (Phi) is 8.55. The van der Waals surface area contributed by atoms with Gasteiger partial charge in [0.25, 0.3) is 0 Å². The number of ether oxygens (including phenoxy) is 2. The van der Waals surface area contributed by atoms with Gasteiger partial charge >= 0.3 is 18.0 Å². The first-order valence-electron chi connectivity index (χ1n) is 10.2. The molecule has 3 rings (SSSR count). The third kappa shape index (κ3) is 6.36. The number of aromatic nitrogens is 1. The minimum absolute atomic E-state index is 0.164. The summed E-state index contributed by atoms with van der Waals surface area (Å²) in [6.07, 6.45) is 2.77. The molecule has 2 atom stereocenters. The molecule has 1 amide bonds. The van der Waals surface area contributed by atoms with Crippen LogP contribution in [0.25, 0.3) is 0 Å². The highest BCUT2D eigenvalue weighted by Gasteiger charge is 2.39. The number of aliphatic hydroxyl groups is 1. The number of carbonyl (C=O) groups is 2. The summed E-state index contributed by atoms with van der Waals surface area (Å²) in [5.41, 5.74) is -0.316. The van der Waals surface area contributed by atoms with Gasteiger partial charge in [-0.25, -0.2) is 14.6 Å². The van der Waals surface area contributed by atoms with Crippen LogP contribution in [0.2, 0.25) is 0 Å². The molecule has 1 fully saturated rings. The number of amides is 1. The molecule has 178 valence electrons. The monoisotopic (exact) mass is 544 g/mol. The molecule has 7 nitrogen and oxygen atoms in total. The maximum atomic E-state index is 14.7. The molecule has 1 aromatic carbocycles. The van der Waals surface area contributed by atoms with Crippen LogP contribution in [0.3, 0.4) is 0 Å². The van der Waals surface area contributed by atoms with E-state index in [1.165, 1.54) is 53.8 Å². The zero-order chi connectivity index (χ0) is 24.0. The Hall–Kier alpha value is -2.37. The summed E-state index contributed by atoms with van der Waals surface area (Å²) in [7, 11) is 1.29. The number of hydrogen-bond acceptors (Lipinski definition) is 7. The second kappa shape index (κ2) is 11.2. The van der Waals surface area contributed by atoms with Crippen molar-refractivity contribution in [3.8, 4) is 0 Å². The van der Waals surface area contributed by atoms with Crippen molar-refractivity contribution >= 4 is 39.3 Å². The molecule has 0 radical (unpaired) electrons. The van der Waals surface area contributed by atoms with Crippen LogP contribution in [0.5, 0.6) is 0 Å². The maximum Gasteiger partial charge on any atom is 0.410 e. The third-order valence-electron chi connectivity index (χ3n) is 5.10. The number of benzene rings is 1. The predicted octanol–water partition coefficient (Wildman–Crippen LogP) is 4.54. The van der Waals surface area contributed by atoms with E-state index in [4.69, 9.17) is 4.74 Å². The highest BCUT2D eigenvalue weighted by atomic mass is 79.9. The molecular formula is C22H23BrF2N2O5S. The van der Waals surface area contributed by atoms with Gasteiger partial charge in [-0.05, 0) is 18.6 Å². The Balaban J connectivity index is 1.62. The van der Waals surface area contributed by atoms with Gasteiger partial charge < -0.3 is 19.5 Å². The number of thiazole rings is 1. The number of aliphatic hydroxyl groups excluding tert-OH is 1. The molecule has 1 N–H and O–H groups in total. The van der Waals surface area contributed by atoms with Gasteiger partial charge in [0, 0.05) is 29.4 Å². The SMILES string of the molecule is COC(=O)c1cnc(CCCN2C(=O)OCC[C@@H]2C=CC(O)C(F)(F)c2cccc(Br)c2)s1. The van der Waals surface area contributed by atoms with E-state index in [1.54, 1.807) is 6.07 Å². The number of nitrogens with zero attached hydrogens (tertiary/aromatic N) is 2. The topological polar surface area (TPSA) is 89.0 Å². The van der Waals surface area contributed by atoms with Gasteiger partial charge in [0.2, 0.25) is 0 Å². The summed E-state index contributed by atoms with van der Waals surface area (Å²) in [5.74, 6) is -3.95. The van der Waals surface area contributed by atoms with E-state index in [1.807, 2.05) is 0 Å². The third-order valence-corrected chi connectivity index (χ3v) is 6.63. The smallest absolute Gasteiger partial charge is 0.410 e. The number of alkyl halides is 2. The van der Waals surface area contributed by atoms with Gasteiger partial charge in [0.15, 0.2) is 0 Å². The van der Waals surface area contributed by atoms with Crippen LogP contribution in [0, 0.1) is 0 Å². The van der Waals surface area contributed by atoms with E-state index in [0.29, 0.717) is 35.2 Å². The molecule has 1 unspecified atom stereocenters. The Labute approximate surface area is 202 Å². The highest BCUT2D eigenvalue weighted by Crippen LogP contribution is 2.34. The normalized spacial score (nSPS) is 17.8. The van der Waals surface area contributed by atoms with Crippen LogP contribution in [-0.4, -0.2) is 59.5 Å². The lowest BCUT2D eigenvalue weighted by Crippen LogP contribution is -2.45. The zero-order valence-electron chi connectivity index (χ0n) is 17.7. The van der Waals surface area contributed by atoms with Crippen LogP contribution in [0.15, 0.2) is 47.1 Å². The molecule has 2 heterocycles. The number of rotatable bonds is 9. The zero-order valence-corrected chi connectivity index (χ0v) is 20.2. The number of aryl methyl sites for hydroxylation is 1. The van der Waals surface area contributed by atoms with Crippen LogP contribution < -0.4 is 0 Å². The second-order valence-electron chi connectivity index (χ2n) is 7.34. The van der Waals surface area contributed by atoms with Crippen molar-refractivity contribution in [2.24, 2.45) is 0 Å². The van der Waals surface area contributed by atoms with Crippen molar-refractivity contribution in [3.05, 3.63) is 62.5 Å². The van der Waals surface area contributed by atoms with Crippen LogP contribution in [0.4, 0.5) is 13.6 Å². The summed E-state index contributed by atoms with van der Waals surface area (Å²) < 4.78 is 39.6. The van der Waals surface area contributed by atoms with E-state index in [-0.39, 0.29) is 12.2 Å². The molecule has 1 saturated heterocycles. The fourth-order valence-electron chi connectivity index (χ4n) is 3.34. The quantitative estimate of drug-likeness (QED) is 0.368. The number of methoxy groups -OCH3 is 1. The van der Waals surface area contributed by atoms with Crippen LogP contribution in [0.1, 0.15) is 33.1 Å². The summed E-state index contributed by atoms with van der Waals surface area (Å²) in [6.45, 7) is 0.469. The minimum Gasteiger partial charge on any atom is -0.465 e. The van der Waals surface area contributed by atoms with E-state index in [9.17, 15) is 23.5 Å². The predicted molar refractivity (Wildman–Crippen MR) is 121 cm³/mol. The molecule has 1 aliphatic heterocycles. The van der Waals surface area contributed by atoms with Crippen molar-refractivity contribution < 1.29 is 33.0 Å². The largest absolute Gasteiger partial charge is 0.465 e. The Morgan fingerprint density at radius 2 is 2.30 bits per heavy atom. The van der Waals surface area contributed by atoms with E-state index < -0.39 is 30.1 Å². The molecule has 1 aliphatic rings. The molecule has 0 aliphatic carbocycles. The summed E-state index contributed by atoms with van der Waals surface area (Å²) in [5, 5.41) is 10.9. The Morgan fingerprint density at radius 1 is 1.52 bits per heavy atom. The molecular weight excluding hydrogens is 522 g/mol. The first-order chi connectivity index (χ1) is 15.7. The lowest BCUT2D eigenvalue weighted by atomic mass is 10.0. The average Bonchev–Trinajstić information content (AvgIpc) is 3.27. The van der Waals surface area contributed by atoms with E-state index in [0.717, 1.165) is 11.1 Å². The van der Waals surface area contributed by atoms with Crippen LogP contribution >= 0.6 is 27.3 Å². The highest BCUT2D eigenvalue weighted by molar-refractivity contribution is 9.10. The maximum absolute atomic E-state index is 14.7. The van der Waals surface area contributed by atoms with Gasteiger partial charge in [-0.2, -0.15) is 8.78 Å². The van der Waals surface area contributed by atoms with Gasteiger partial charge in [-0.3, -0.25) is 0 Å². The number of esters is 1. The summed E-state index contributed by atoms with van der Waals surface area (Å²) >= 11 is 4.37. The molecule has 33 heavy (non-hydrogen) atoms. The molecule has 0 bridgehead atoms. The average molecular weight is 545 g/mol. The molecule has 2 aromatic rings. The fraction of sp³-hybridized carbons (Fsp3) is 0.409. The lowest BCUT2D eigenvalue weighted by molar-refractivity contribution is -0.0930. The molecule has 0 spiro atoms. The van der Waals surface area contributed by atoms with Crippen molar-refractivity contribution in [1.29, 1.82) is 0 Å². The minimum atomic E-state index is -3.50. The lowest BCUT2D eigenvalue weighted by Gasteiger charge is -2.33.